The molecule has 1 saturated heterocycles. The fourth-order valence-corrected chi connectivity index (χ4v) is 3.09. The van der Waals surface area contributed by atoms with Crippen LogP contribution >= 0.6 is 15.9 Å². The van der Waals surface area contributed by atoms with E-state index in [0.717, 1.165) is 42.7 Å². The van der Waals surface area contributed by atoms with Crippen LogP contribution in [0.15, 0.2) is 24.3 Å². The number of hydrogen-bond acceptors (Lipinski definition) is 1. The van der Waals surface area contributed by atoms with Crippen LogP contribution in [0.1, 0.15) is 24.0 Å². The van der Waals surface area contributed by atoms with Crippen molar-refractivity contribution in [2.24, 2.45) is 5.92 Å². The summed E-state index contributed by atoms with van der Waals surface area (Å²) in [6.45, 7) is 3.90. The molecule has 0 unspecified atom stereocenters. The lowest BCUT2D eigenvalue weighted by Gasteiger charge is -2.31. The number of nitrogens with zero attached hydrogens (tertiary/aromatic N) is 1. The van der Waals surface area contributed by atoms with Crippen LogP contribution in [0.25, 0.3) is 0 Å². The summed E-state index contributed by atoms with van der Waals surface area (Å²) in [5.74, 6) is 1.02. The van der Waals surface area contributed by atoms with Gasteiger partial charge in [-0.2, -0.15) is 0 Å². The number of halogens is 1. The molecule has 1 fully saturated rings. The van der Waals surface area contributed by atoms with Gasteiger partial charge < -0.3 is 4.90 Å². The minimum atomic E-state index is 0.272. The zero-order chi connectivity index (χ0) is 13.0. The first-order valence-electron chi connectivity index (χ1n) is 6.58. The van der Waals surface area contributed by atoms with Gasteiger partial charge in [0.2, 0.25) is 5.91 Å². The van der Waals surface area contributed by atoms with Gasteiger partial charge in [-0.15, -0.1) is 0 Å². The Labute approximate surface area is 117 Å². The van der Waals surface area contributed by atoms with E-state index in [1.165, 1.54) is 5.56 Å². The van der Waals surface area contributed by atoms with Crippen LogP contribution in [0.5, 0.6) is 0 Å². The van der Waals surface area contributed by atoms with Crippen molar-refractivity contribution in [3.05, 3.63) is 35.4 Å². The highest BCUT2D eigenvalue weighted by atomic mass is 79.9. The van der Waals surface area contributed by atoms with Gasteiger partial charge in [-0.05, 0) is 31.2 Å². The lowest BCUT2D eigenvalue weighted by Crippen LogP contribution is -2.39. The molecule has 0 aromatic heterocycles. The Kier molecular flexibility index (Phi) is 4.81. The third-order valence-corrected chi connectivity index (χ3v) is 4.54. The molecule has 2 nitrogen and oxygen atoms in total. The topological polar surface area (TPSA) is 20.3 Å². The Morgan fingerprint density at radius 1 is 1.39 bits per heavy atom. The van der Waals surface area contributed by atoms with E-state index in [1.807, 2.05) is 17.0 Å². The Bertz CT molecular complexity index is 411. The van der Waals surface area contributed by atoms with Crippen LogP contribution in [-0.2, 0) is 11.2 Å². The summed E-state index contributed by atoms with van der Waals surface area (Å²) in [7, 11) is 0. The second-order valence-electron chi connectivity index (χ2n) is 5.14. The van der Waals surface area contributed by atoms with Crippen molar-refractivity contribution in [3.8, 4) is 0 Å². The number of aryl methyl sites for hydroxylation is 1. The van der Waals surface area contributed by atoms with E-state index in [1.54, 1.807) is 0 Å². The van der Waals surface area contributed by atoms with Gasteiger partial charge in [0.1, 0.15) is 0 Å². The molecule has 1 amide bonds. The van der Waals surface area contributed by atoms with Gasteiger partial charge in [0.25, 0.3) is 0 Å². The molecule has 18 heavy (non-hydrogen) atoms. The van der Waals surface area contributed by atoms with Crippen molar-refractivity contribution < 1.29 is 4.79 Å². The van der Waals surface area contributed by atoms with Crippen LogP contribution in [0.3, 0.4) is 0 Å². The first kappa shape index (κ1) is 13.6. The number of alkyl halides is 1. The average molecular weight is 310 g/mol. The number of likely N-dealkylation sites (tertiary alicyclic amines) is 1. The molecule has 1 heterocycles. The molecule has 0 bridgehead atoms. The van der Waals surface area contributed by atoms with Gasteiger partial charge in [-0.3, -0.25) is 4.79 Å². The number of benzene rings is 1. The largest absolute Gasteiger partial charge is 0.342 e. The Morgan fingerprint density at radius 2 is 2.11 bits per heavy atom. The fraction of sp³-hybridized carbons (Fsp3) is 0.533. The zero-order valence-corrected chi connectivity index (χ0v) is 12.4. The smallest absolute Gasteiger partial charge is 0.226 e. The predicted octanol–water partition coefficient (Wildman–Crippen LogP) is 3.17. The molecule has 2 rings (SSSR count). The minimum Gasteiger partial charge on any atom is -0.342 e. The number of amides is 1. The molecule has 0 radical (unpaired) electrons. The van der Waals surface area contributed by atoms with Crippen LogP contribution in [-0.4, -0.2) is 29.2 Å². The molecule has 98 valence electrons. The minimum absolute atomic E-state index is 0.272. The van der Waals surface area contributed by atoms with E-state index in [9.17, 15) is 4.79 Å². The van der Waals surface area contributed by atoms with Gasteiger partial charge in [-0.25, -0.2) is 0 Å². The summed E-state index contributed by atoms with van der Waals surface area (Å²) in [6, 6.07) is 8.23. The zero-order valence-electron chi connectivity index (χ0n) is 10.9. The second kappa shape index (κ2) is 6.37. The van der Waals surface area contributed by atoms with Crippen LogP contribution in [0.4, 0.5) is 0 Å². The molecule has 0 atom stereocenters. The van der Waals surface area contributed by atoms with Crippen molar-refractivity contribution in [3.63, 3.8) is 0 Å². The molecule has 1 aromatic carbocycles. The number of piperidine rings is 1. The fourth-order valence-electron chi connectivity index (χ4n) is 2.45. The maximum atomic E-state index is 12.2. The average Bonchev–Trinajstić information content (AvgIpc) is 2.39. The molecular weight excluding hydrogens is 290 g/mol. The van der Waals surface area contributed by atoms with Gasteiger partial charge >= 0.3 is 0 Å². The number of hydrogen-bond donors (Lipinski definition) is 0. The summed E-state index contributed by atoms with van der Waals surface area (Å²) in [5, 5.41) is 1.06. The van der Waals surface area contributed by atoms with Gasteiger partial charge in [0, 0.05) is 18.4 Å². The first-order chi connectivity index (χ1) is 8.69. The highest BCUT2D eigenvalue weighted by Crippen LogP contribution is 2.19. The van der Waals surface area contributed by atoms with Crippen LogP contribution < -0.4 is 0 Å². The highest BCUT2D eigenvalue weighted by Gasteiger charge is 2.21. The molecule has 3 heteroatoms. The molecule has 1 aliphatic heterocycles. The van der Waals surface area contributed by atoms with Gasteiger partial charge in [0.05, 0.1) is 6.42 Å². The summed E-state index contributed by atoms with van der Waals surface area (Å²) >= 11 is 3.53. The van der Waals surface area contributed by atoms with Crippen LogP contribution in [0, 0.1) is 12.8 Å². The summed E-state index contributed by atoms with van der Waals surface area (Å²) < 4.78 is 0. The molecule has 0 aliphatic carbocycles. The number of carbonyl (C=O) groups is 1. The quantitative estimate of drug-likeness (QED) is 0.785. The van der Waals surface area contributed by atoms with E-state index in [0.29, 0.717) is 6.42 Å². The molecular formula is C15H20BrNO. The summed E-state index contributed by atoms with van der Waals surface area (Å²) in [4.78, 5) is 14.2. The van der Waals surface area contributed by atoms with E-state index in [4.69, 9.17) is 0 Å². The normalized spacial score (nSPS) is 16.9. The SMILES string of the molecule is Cc1cccc(CC(=O)N2CCC(CBr)CC2)c1. The Hall–Kier alpha value is -0.830. The van der Waals surface area contributed by atoms with Crippen LogP contribution in [0.2, 0.25) is 0 Å². The van der Waals surface area contributed by atoms with E-state index in [2.05, 4.69) is 35.0 Å². The first-order valence-corrected chi connectivity index (χ1v) is 7.70. The van der Waals surface area contributed by atoms with E-state index >= 15 is 0 Å². The van der Waals surface area contributed by atoms with Gasteiger partial charge in [-0.1, -0.05) is 45.8 Å². The molecule has 1 aromatic rings. The standard InChI is InChI=1S/C15H20BrNO/c1-12-3-2-4-14(9-12)10-15(18)17-7-5-13(11-16)6-8-17/h2-4,9,13H,5-8,10-11H2,1H3. The number of rotatable bonds is 3. The van der Waals surface area contributed by atoms with Crippen molar-refractivity contribution in [2.45, 2.75) is 26.2 Å². The second-order valence-corrected chi connectivity index (χ2v) is 5.79. The summed E-state index contributed by atoms with van der Waals surface area (Å²) in [5.41, 5.74) is 2.35. The highest BCUT2D eigenvalue weighted by molar-refractivity contribution is 9.09. The predicted molar refractivity (Wildman–Crippen MR) is 78.0 cm³/mol. The number of carbonyl (C=O) groups excluding carboxylic acids is 1. The van der Waals surface area contributed by atoms with Crippen molar-refractivity contribution in [1.29, 1.82) is 0 Å². The molecule has 0 N–H and O–H groups in total. The van der Waals surface area contributed by atoms with Crippen molar-refractivity contribution in [1.82, 2.24) is 4.90 Å². The molecule has 1 aliphatic rings. The Balaban J connectivity index is 1.89. The molecule has 0 spiro atoms. The van der Waals surface area contributed by atoms with E-state index in [-0.39, 0.29) is 5.91 Å². The lowest BCUT2D eigenvalue weighted by molar-refractivity contribution is -0.131. The monoisotopic (exact) mass is 309 g/mol. The maximum absolute atomic E-state index is 12.2. The maximum Gasteiger partial charge on any atom is 0.226 e. The van der Waals surface area contributed by atoms with E-state index < -0.39 is 0 Å². The molecule has 0 saturated carbocycles. The Morgan fingerprint density at radius 3 is 2.72 bits per heavy atom. The lowest BCUT2D eigenvalue weighted by atomic mass is 9.98. The third-order valence-electron chi connectivity index (χ3n) is 3.62. The summed E-state index contributed by atoms with van der Waals surface area (Å²) in [6.07, 6.45) is 2.80. The van der Waals surface area contributed by atoms with Crippen molar-refractivity contribution in [2.75, 3.05) is 18.4 Å². The third kappa shape index (κ3) is 3.58. The van der Waals surface area contributed by atoms with Crippen molar-refractivity contribution >= 4 is 21.8 Å². The van der Waals surface area contributed by atoms with Gasteiger partial charge in [0.15, 0.2) is 0 Å².